The summed E-state index contributed by atoms with van der Waals surface area (Å²) in [6.07, 6.45) is 2.34. The Morgan fingerprint density at radius 1 is 0.776 bits per heavy atom. The van der Waals surface area contributed by atoms with Gasteiger partial charge in [0.2, 0.25) is 5.91 Å². The number of carbonyl (C=O) groups excluding carboxylic acids is 3. The third kappa shape index (κ3) is 9.64. The molecule has 1 aromatic heterocycles. The molecule has 9 heteroatoms. The molecule has 5 rings (SSSR count). The van der Waals surface area contributed by atoms with Crippen LogP contribution in [0.15, 0.2) is 103 Å². The quantitative estimate of drug-likeness (QED) is 0.102. The first-order valence-corrected chi connectivity index (χ1v) is 16.8. The summed E-state index contributed by atoms with van der Waals surface area (Å²) in [6, 6.07) is 30.0. The van der Waals surface area contributed by atoms with E-state index in [4.69, 9.17) is 4.74 Å². The lowest BCUT2D eigenvalue weighted by Crippen LogP contribution is -2.47. The first-order valence-electron chi connectivity index (χ1n) is 16.8. The van der Waals surface area contributed by atoms with Crippen LogP contribution in [0.4, 0.5) is 4.79 Å². The van der Waals surface area contributed by atoms with Gasteiger partial charge in [-0.05, 0) is 98.0 Å². The van der Waals surface area contributed by atoms with Crippen molar-refractivity contribution in [2.24, 2.45) is 0 Å². The van der Waals surface area contributed by atoms with Crippen LogP contribution in [0.2, 0.25) is 0 Å². The Bertz CT molecular complexity index is 1900. The second kappa shape index (κ2) is 16.2. The summed E-state index contributed by atoms with van der Waals surface area (Å²) in [5.74, 6) is -0.594. The average Bonchev–Trinajstić information content (AvgIpc) is 3.09. The van der Waals surface area contributed by atoms with Crippen molar-refractivity contribution in [2.45, 2.75) is 71.3 Å². The molecule has 49 heavy (non-hydrogen) atoms. The van der Waals surface area contributed by atoms with Crippen molar-refractivity contribution in [3.8, 4) is 0 Å². The van der Waals surface area contributed by atoms with Crippen molar-refractivity contribution in [1.82, 2.24) is 26.3 Å². The minimum Gasteiger partial charge on any atom is -0.444 e. The maximum absolute atomic E-state index is 13.9. The van der Waals surface area contributed by atoms with E-state index in [0.717, 1.165) is 38.4 Å². The molecule has 2 atom stereocenters. The maximum atomic E-state index is 13.9. The Morgan fingerprint density at radius 2 is 1.49 bits per heavy atom. The average molecular weight is 660 g/mol. The van der Waals surface area contributed by atoms with E-state index in [-0.39, 0.29) is 24.4 Å². The molecule has 9 nitrogen and oxygen atoms in total. The van der Waals surface area contributed by atoms with E-state index >= 15 is 0 Å². The van der Waals surface area contributed by atoms with Crippen molar-refractivity contribution >= 4 is 39.5 Å². The van der Waals surface area contributed by atoms with Gasteiger partial charge in [0.05, 0.1) is 11.7 Å². The largest absolute Gasteiger partial charge is 0.444 e. The van der Waals surface area contributed by atoms with Gasteiger partial charge in [-0.25, -0.2) is 4.79 Å². The molecule has 0 unspecified atom stereocenters. The van der Waals surface area contributed by atoms with Crippen LogP contribution >= 0.6 is 0 Å². The molecule has 0 spiro atoms. The predicted molar refractivity (Wildman–Crippen MR) is 194 cm³/mol. The highest BCUT2D eigenvalue weighted by molar-refractivity contribution is 6.09. The van der Waals surface area contributed by atoms with Gasteiger partial charge in [0, 0.05) is 24.8 Å². The van der Waals surface area contributed by atoms with Gasteiger partial charge in [-0.15, -0.1) is 0 Å². The first kappa shape index (κ1) is 35.0. The van der Waals surface area contributed by atoms with E-state index in [1.54, 1.807) is 12.3 Å². The van der Waals surface area contributed by atoms with Crippen LogP contribution < -0.4 is 21.3 Å². The molecular formula is C40H45N5O4. The van der Waals surface area contributed by atoms with Crippen LogP contribution in [0.5, 0.6) is 0 Å². The highest BCUT2D eigenvalue weighted by Gasteiger charge is 2.25. The van der Waals surface area contributed by atoms with Gasteiger partial charge >= 0.3 is 6.09 Å². The second-order valence-corrected chi connectivity index (χ2v) is 13.1. The molecule has 4 N–H and O–H groups in total. The lowest BCUT2D eigenvalue weighted by atomic mass is 9.98. The molecule has 0 aliphatic carbocycles. The van der Waals surface area contributed by atoms with E-state index < -0.39 is 17.7 Å². The molecule has 0 fully saturated rings. The first-order chi connectivity index (χ1) is 23.6. The SMILES string of the molecule is C[C@@H](NC(=O)[C@H](CCCNCc1ccccn1)NC(=O)c1ccc(CNC(=O)OC(C)(C)C)c2ccccc12)c1cccc2ccccc12. The highest BCUT2D eigenvalue weighted by Crippen LogP contribution is 2.25. The summed E-state index contributed by atoms with van der Waals surface area (Å²) in [5, 5.41) is 16.1. The molecule has 0 saturated heterocycles. The molecule has 0 aliphatic rings. The fourth-order valence-corrected chi connectivity index (χ4v) is 5.87. The smallest absolute Gasteiger partial charge is 0.407 e. The topological polar surface area (TPSA) is 121 Å². The number of rotatable bonds is 13. The molecule has 0 aliphatic heterocycles. The van der Waals surface area contributed by atoms with E-state index in [2.05, 4.69) is 44.5 Å². The molecule has 5 aromatic rings. The third-order valence-corrected chi connectivity index (χ3v) is 8.23. The van der Waals surface area contributed by atoms with Gasteiger partial charge in [0.1, 0.15) is 11.6 Å². The van der Waals surface area contributed by atoms with E-state index in [1.807, 2.05) is 100 Å². The van der Waals surface area contributed by atoms with Gasteiger partial charge < -0.3 is 26.0 Å². The standard InChI is InChI=1S/C40H45N5O4/c1-27(31-19-11-14-28-13-5-6-16-32(28)31)44-38(47)36(20-12-23-41-26-30-15-9-10-24-42-30)45-37(46)35-22-21-29(33-17-7-8-18-34(33)35)25-43-39(48)49-40(2,3)4/h5-11,13-19,21-22,24,27,36,41H,12,20,23,25-26H2,1-4H3,(H,43,48)(H,44,47)(H,45,46)/t27-,36+/m1/s1. The number of pyridine rings is 1. The van der Waals surface area contributed by atoms with Crippen LogP contribution in [-0.2, 0) is 22.6 Å². The Kier molecular flexibility index (Phi) is 11.6. The van der Waals surface area contributed by atoms with E-state index in [9.17, 15) is 14.4 Å². The van der Waals surface area contributed by atoms with Gasteiger partial charge in [0.25, 0.3) is 5.91 Å². The number of fused-ring (bicyclic) bond motifs is 2. The maximum Gasteiger partial charge on any atom is 0.407 e. The monoisotopic (exact) mass is 659 g/mol. The number of nitrogens with zero attached hydrogens (tertiary/aromatic N) is 1. The molecule has 0 saturated carbocycles. The van der Waals surface area contributed by atoms with Crippen LogP contribution in [0.3, 0.4) is 0 Å². The Balaban J connectivity index is 1.32. The van der Waals surface area contributed by atoms with Crippen molar-refractivity contribution in [1.29, 1.82) is 0 Å². The number of hydrogen-bond acceptors (Lipinski definition) is 6. The zero-order valence-electron chi connectivity index (χ0n) is 28.6. The fourth-order valence-electron chi connectivity index (χ4n) is 5.87. The Hall–Kier alpha value is -5.28. The molecule has 4 aromatic carbocycles. The lowest BCUT2D eigenvalue weighted by molar-refractivity contribution is -0.123. The summed E-state index contributed by atoms with van der Waals surface area (Å²) in [7, 11) is 0. The molecular weight excluding hydrogens is 614 g/mol. The minimum absolute atomic E-state index is 0.236. The van der Waals surface area contributed by atoms with Crippen LogP contribution in [0, 0.1) is 0 Å². The van der Waals surface area contributed by atoms with Crippen molar-refractivity contribution < 1.29 is 19.1 Å². The number of hydrogen-bond donors (Lipinski definition) is 4. The minimum atomic E-state index is -0.770. The normalized spacial score (nSPS) is 12.7. The lowest BCUT2D eigenvalue weighted by Gasteiger charge is -2.23. The number of aromatic nitrogens is 1. The van der Waals surface area contributed by atoms with Crippen LogP contribution in [-0.4, -0.2) is 41.1 Å². The number of benzene rings is 4. The molecule has 0 bridgehead atoms. The van der Waals surface area contributed by atoms with Crippen LogP contribution in [0.25, 0.3) is 21.5 Å². The number of ether oxygens (including phenoxy) is 1. The highest BCUT2D eigenvalue weighted by atomic mass is 16.6. The second-order valence-electron chi connectivity index (χ2n) is 13.1. The molecule has 254 valence electrons. The van der Waals surface area contributed by atoms with Crippen LogP contribution in [0.1, 0.15) is 73.8 Å². The van der Waals surface area contributed by atoms with Crippen molar-refractivity contribution in [3.05, 3.63) is 126 Å². The molecule has 1 heterocycles. The number of carbonyl (C=O) groups is 3. The zero-order chi connectivity index (χ0) is 34.8. The fraction of sp³-hybridized carbons (Fsp3) is 0.300. The zero-order valence-corrected chi connectivity index (χ0v) is 28.6. The number of alkyl carbamates (subject to hydrolysis) is 1. The molecule has 0 radical (unpaired) electrons. The molecule has 3 amide bonds. The predicted octanol–water partition coefficient (Wildman–Crippen LogP) is 6.96. The van der Waals surface area contributed by atoms with Gasteiger partial charge in [-0.2, -0.15) is 0 Å². The number of nitrogens with one attached hydrogen (secondary N) is 4. The van der Waals surface area contributed by atoms with E-state index in [0.29, 0.717) is 31.5 Å². The summed E-state index contributed by atoms with van der Waals surface area (Å²) in [6.45, 7) is 8.90. The Labute approximate surface area is 287 Å². The summed E-state index contributed by atoms with van der Waals surface area (Å²) < 4.78 is 5.39. The summed E-state index contributed by atoms with van der Waals surface area (Å²) in [5.41, 5.74) is 2.62. The van der Waals surface area contributed by atoms with Gasteiger partial charge in [0.15, 0.2) is 0 Å². The number of amides is 3. The van der Waals surface area contributed by atoms with Crippen molar-refractivity contribution in [3.63, 3.8) is 0 Å². The van der Waals surface area contributed by atoms with E-state index in [1.165, 1.54) is 0 Å². The summed E-state index contributed by atoms with van der Waals surface area (Å²) in [4.78, 5) is 44.4. The van der Waals surface area contributed by atoms with Gasteiger partial charge in [-0.3, -0.25) is 14.6 Å². The Morgan fingerprint density at radius 3 is 2.24 bits per heavy atom. The third-order valence-electron chi connectivity index (χ3n) is 8.23. The van der Waals surface area contributed by atoms with Gasteiger partial charge in [-0.1, -0.05) is 78.9 Å². The van der Waals surface area contributed by atoms with Crippen molar-refractivity contribution in [2.75, 3.05) is 6.54 Å². The summed E-state index contributed by atoms with van der Waals surface area (Å²) >= 11 is 0.